The maximum absolute atomic E-state index is 12.3. The van der Waals surface area contributed by atoms with Crippen molar-refractivity contribution in [3.63, 3.8) is 0 Å². The highest BCUT2D eigenvalue weighted by Crippen LogP contribution is 2.24. The Bertz CT molecular complexity index is 1000. The number of imidazole rings is 1. The van der Waals surface area contributed by atoms with E-state index in [1.807, 2.05) is 25.1 Å². The average molecular weight is 396 g/mol. The van der Waals surface area contributed by atoms with Gasteiger partial charge in [-0.05, 0) is 36.8 Å². The third-order valence-electron chi connectivity index (χ3n) is 4.15. The number of nitrogens with one attached hydrogen (secondary N) is 1. The van der Waals surface area contributed by atoms with Gasteiger partial charge in [0.25, 0.3) is 11.6 Å². The fourth-order valence-corrected chi connectivity index (χ4v) is 2.70. The molecule has 1 amide bonds. The molecule has 3 rings (SSSR count). The van der Waals surface area contributed by atoms with Crippen molar-refractivity contribution < 1.29 is 19.6 Å². The van der Waals surface area contributed by atoms with Crippen LogP contribution in [0.3, 0.4) is 0 Å². The number of amides is 1. The number of aliphatic hydroxyl groups excluding tert-OH is 1. The molecule has 1 unspecified atom stereocenters. The maximum atomic E-state index is 12.3. The number of aromatic nitrogens is 2. The van der Waals surface area contributed by atoms with Crippen LogP contribution in [0.2, 0.25) is 0 Å². The van der Waals surface area contributed by atoms with E-state index < -0.39 is 16.9 Å². The number of aliphatic hydroxyl groups is 1. The second kappa shape index (κ2) is 8.98. The van der Waals surface area contributed by atoms with E-state index in [-0.39, 0.29) is 24.4 Å². The number of nitro groups is 1. The van der Waals surface area contributed by atoms with Crippen LogP contribution in [0.4, 0.5) is 5.69 Å². The third kappa shape index (κ3) is 5.17. The Morgan fingerprint density at radius 2 is 2.17 bits per heavy atom. The normalized spacial score (nSPS) is 11.7. The molecule has 0 saturated heterocycles. The molecule has 0 aliphatic heterocycles. The van der Waals surface area contributed by atoms with Crippen molar-refractivity contribution in [1.82, 2.24) is 14.9 Å². The molecule has 9 nitrogen and oxygen atoms in total. The van der Waals surface area contributed by atoms with Gasteiger partial charge in [-0.3, -0.25) is 14.9 Å². The highest BCUT2D eigenvalue weighted by Gasteiger charge is 2.19. The van der Waals surface area contributed by atoms with Crippen LogP contribution in [-0.2, 0) is 0 Å². The number of ether oxygens (including phenoxy) is 1. The van der Waals surface area contributed by atoms with Crippen LogP contribution in [0.5, 0.6) is 5.75 Å². The number of hydrogen-bond acceptors (Lipinski definition) is 6. The lowest BCUT2D eigenvalue weighted by Gasteiger charge is -2.14. The summed E-state index contributed by atoms with van der Waals surface area (Å²) in [7, 11) is 0. The predicted octanol–water partition coefficient (Wildman–Crippen LogP) is 2.26. The first-order chi connectivity index (χ1) is 13.9. The van der Waals surface area contributed by atoms with Crippen molar-refractivity contribution in [3.05, 3.63) is 82.4 Å². The molecule has 1 heterocycles. The Hall–Kier alpha value is -3.72. The number of nitrogens with zero attached hydrogens (tertiary/aromatic N) is 3. The second-order valence-corrected chi connectivity index (χ2v) is 6.42. The van der Waals surface area contributed by atoms with Gasteiger partial charge in [0.05, 0.1) is 11.3 Å². The molecule has 29 heavy (non-hydrogen) atoms. The number of nitro benzene ring substituents is 1. The summed E-state index contributed by atoms with van der Waals surface area (Å²) in [4.78, 5) is 27.0. The monoisotopic (exact) mass is 396 g/mol. The van der Waals surface area contributed by atoms with Crippen LogP contribution in [0, 0.1) is 17.0 Å². The molecule has 0 fully saturated rings. The van der Waals surface area contributed by atoms with Crippen molar-refractivity contribution >= 4 is 11.6 Å². The van der Waals surface area contributed by atoms with Gasteiger partial charge in [0.15, 0.2) is 0 Å². The van der Waals surface area contributed by atoms with Crippen molar-refractivity contribution in [2.45, 2.75) is 13.0 Å². The summed E-state index contributed by atoms with van der Waals surface area (Å²) in [5, 5.41) is 24.0. The van der Waals surface area contributed by atoms with Gasteiger partial charge in [-0.15, -0.1) is 0 Å². The Balaban J connectivity index is 1.60. The average Bonchev–Trinajstić information content (AvgIpc) is 3.24. The van der Waals surface area contributed by atoms with Crippen molar-refractivity contribution in [3.8, 4) is 11.4 Å². The van der Waals surface area contributed by atoms with Crippen molar-refractivity contribution in [1.29, 1.82) is 0 Å². The summed E-state index contributed by atoms with van der Waals surface area (Å²) < 4.78 is 6.99. The number of aryl methyl sites for hydroxylation is 1. The minimum absolute atomic E-state index is 0.00342. The maximum Gasteiger partial charge on any atom is 0.294 e. The van der Waals surface area contributed by atoms with E-state index in [4.69, 9.17) is 4.74 Å². The predicted molar refractivity (Wildman–Crippen MR) is 105 cm³/mol. The molecule has 0 aliphatic carbocycles. The van der Waals surface area contributed by atoms with E-state index in [0.717, 1.165) is 5.56 Å². The molecule has 1 aromatic heterocycles. The smallest absolute Gasteiger partial charge is 0.294 e. The zero-order valence-electron chi connectivity index (χ0n) is 15.7. The first-order valence-corrected chi connectivity index (χ1v) is 8.86. The lowest BCUT2D eigenvalue weighted by atomic mass is 10.1. The minimum atomic E-state index is -0.931. The van der Waals surface area contributed by atoms with Crippen molar-refractivity contribution in [2.75, 3.05) is 13.2 Å². The molecule has 1 atom stereocenters. The molecule has 0 aliphatic rings. The molecule has 0 bridgehead atoms. The van der Waals surface area contributed by atoms with Gasteiger partial charge in [-0.2, -0.15) is 0 Å². The molecular formula is C20H20N4O5. The molecule has 2 aromatic carbocycles. The summed E-state index contributed by atoms with van der Waals surface area (Å²) in [5.41, 5.74) is 1.23. The lowest BCUT2D eigenvalue weighted by molar-refractivity contribution is -0.384. The summed E-state index contributed by atoms with van der Waals surface area (Å²) in [5.74, 6) is 0.0981. The topological polar surface area (TPSA) is 120 Å². The quantitative estimate of drug-likeness (QED) is 0.445. The van der Waals surface area contributed by atoms with Gasteiger partial charge in [-0.1, -0.05) is 12.1 Å². The summed E-state index contributed by atoms with van der Waals surface area (Å²) >= 11 is 0. The SMILES string of the molecule is Cc1cccc(OCC(O)CNC(=O)c2ccc(-n3ccnc3)c([N+](=O)[O-])c2)c1. The van der Waals surface area contributed by atoms with Crippen LogP contribution in [0.15, 0.2) is 61.2 Å². The molecule has 0 saturated carbocycles. The second-order valence-electron chi connectivity index (χ2n) is 6.42. The Labute approximate surface area is 166 Å². The van der Waals surface area contributed by atoms with E-state index in [2.05, 4.69) is 10.3 Å². The Kier molecular flexibility index (Phi) is 6.20. The molecule has 0 spiro atoms. The third-order valence-corrected chi connectivity index (χ3v) is 4.15. The molecule has 150 valence electrons. The van der Waals surface area contributed by atoms with Crippen LogP contribution in [0.1, 0.15) is 15.9 Å². The number of rotatable bonds is 8. The fraction of sp³-hybridized carbons (Fsp3) is 0.200. The van der Waals surface area contributed by atoms with Crippen LogP contribution in [-0.4, -0.2) is 44.7 Å². The van der Waals surface area contributed by atoms with E-state index in [1.54, 1.807) is 12.3 Å². The molecule has 9 heteroatoms. The summed E-state index contributed by atoms with van der Waals surface area (Å²) in [6, 6.07) is 11.5. The van der Waals surface area contributed by atoms with Gasteiger partial charge in [0, 0.05) is 30.6 Å². The molecule has 0 radical (unpaired) electrons. The number of benzene rings is 2. The molecular weight excluding hydrogens is 376 g/mol. The van der Waals surface area contributed by atoms with Crippen LogP contribution < -0.4 is 10.1 Å². The fourth-order valence-electron chi connectivity index (χ4n) is 2.70. The molecule has 2 N–H and O–H groups in total. The van der Waals surface area contributed by atoms with E-state index in [1.165, 1.54) is 35.3 Å². The number of hydrogen-bond donors (Lipinski definition) is 2. The first kappa shape index (κ1) is 20.0. The van der Waals surface area contributed by atoms with Gasteiger partial charge in [0.2, 0.25) is 0 Å². The summed E-state index contributed by atoms with van der Waals surface area (Å²) in [6.07, 6.45) is 3.59. The zero-order chi connectivity index (χ0) is 20.8. The van der Waals surface area contributed by atoms with Gasteiger partial charge in [0.1, 0.15) is 24.1 Å². The van der Waals surface area contributed by atoms with E-state index in [9.17, 15) is 20.0 Å². The largest absolute Gasteiger partial charge is 0.491 e. The van der Waals surface area contributed by atoms with Gasteiger partial charge >= 0.3 is 0 Å². The Morgan fingerprint density at radius 3 is 2.86 bits per heavy atom. The summed E-state index contributed by atoms with van der Waals surface area (Å²) in [6.45, 7) is 1.88. The van der Waals surface area contributed by atoms with Crippen LogP contribution in [0.25, 0.3) is 5.69 Å². The van der Waals surface area contributed by atoms with Gasteiger partial charge < -0.3 is 19.7 Å². The number of carbonyl (C=O) groups is 1. The minimum Gasteiger partial charge on any atom is -0.491 e. The van der Waals surface area contributed by atoms with Crippen molar-refractivity contribution in [2.24, 2.45) is 0 Å². The highest BCUT2D eigenvalue weighted by molar-refractivity contribution is 5.95. The zero-order valence-corrected chi connectivity index (χ0v) is 15.7. The Morgan fingerprint density at radius 1 is 1.34 bits per heavy atom. The van der Waals surface area contributed by atoms with E-state index in [0.29, 0.717) is 11.4 Å². The van der Waals surface area contributed by atoms with Gasteiger partial charge in [-0.25, -0.2) is 4.98 Å². The lowest BCUT2D eigenvalue weighted by Crippen LogP contribution is -2.35. The highest BCUT2D eigenvalue weighted by atomic mass is 16.6. The standard InChI is InChI=1S/C20H20N4O5/c1-14-3-2-4-17(9-14)29-12-16(25)11-22-20(26)15-5-6-18(19(10-15)24(27)28)23-8-7-21-13-23/h2-10,13,16,25H,11-12H2,1H3,(H,22,26). The van der Waals surface area contributed by atoms with E-state index >= 15 is 0 Å². The molecule has 3 aromatic rings. The number of carbonyl (C=O) groups excluding carboxylic acids is 1. The van der Waals surface area contributed by atoms with Crippen LogP contribution >= 0.6 is 0 Å². The first-order valence-electron chi connectivity index (χ1n) is 8.86.